The minimum atomic E-state index is -0.0291. The summed E-state index contributed by atoms with van der Waals surface area (Å²) in [5.41, 5.74) is 17.7. The van der Waals surface area contributed by atoms with Crippen LogP contribution >= 0.6 is 0 Å². The van der Waals surface area contributed by atoms with Crippen LogP contribution in [0.15, 0.2) is 46.7 Å². The molecule has 118 valence electrons. The molecule has 1 aromatic carbocycles. The lowest BCUT2D eigenvalue weighted by molar-refractivity contribution is 0.673. The Labute approximate surface area is 136 Å². The Balaban J connectivity index is 2.08. The van der Waals surface area contributed by atoms with E-state index in [0.717, 1.165) is 35.4 Å². The number of fused-ring (bicyclic) bond motifs is 1. The van der Waals surface area contributed by atoms with Crippen molar-refractivity contribution in [3.05, 3.63) is 64.5 Å². The highest BCUT2D eigenvalue weighted by atomic mass is 15.3. The number of aryl methyl sites for hydroxylation is 2. The van der Waals surface area contributed by atoms with Gasteiger partial charge in [-0.05, 0) is 55.4 Å². The van der Waals surface area contributed by atoms with Gasteiger partial charge in [0.05, 0.1) is 11.4 Å². The summed E-state index contributed by atoms with van der Waals surface area (Å²) in [5.74, 6) is 0.310. The van der Waals surface area contributed by atoms with Crippen molar-refractivity contribution in [2.45, 2.75) is 32.6 Å². The van der Waals surface area contributed by atoms with E-state index in [4.69, 9.17) is 11.5 Å². The molecule has 23 heavy (non-hydrogen) atoms. The number of rotatable bonds is 2. The fourth-order valence-electron chi connectivity index (χ4n) is 3.28. The van der Waals surface area contributed by atoms with Crippen molar-refractivity contribution < 1.29 is 0 Å². The van der Waals surface area contributed by atoms with Crippen LogP contribution in [-0.2, 0) is 6.42 Å². The van der Waals surface area contributed by atoms with Crippen LogP contribution < -0.4 is 11.5 Å². The Bertz CT molecular complexity index is 788. The van der Waals surface area contributed by atoms with Crippen molar-refractivity contribution in [3.63, 3.8) is 0 Å². The van der Waals surface area contributed by atoms with Crippen LogP contribution in [0.1, 0.15) is 40.3 Å². The normalized spacial score (nSPS) is 18.5. The number of pyridine rings is 1. The number of nitrogens with two attached hydrogens (primary N) is 2. The van der Waals surface area contributed by atoms with Crippen molar-refractivity contribution >= 4 is 11.7 Å². The molecule has 2 aromatic rings. The largest absolute Gasteiger partial charge is 0.369 e. The molecule has 4 N–H and O–H groups in total. The number of hydrogen-bond acceptors (Lipinski definition) is 3. The van der Waals surface area contributed by atoms with E-state index in [2.05, 4.69) is 53.3 Å². The quantitative estimate of drug-likeness (QED) is 0.507. The van der Waals surface area contributed by atoms with E-state index in [1.165, 1.54) is 11.1 Å². The summed E-state index contributed by atoms with van der Waals surface area (Å²) in [4.78, 5) is 4.57. The summed E-state index contributed by atoms with van der Waals surface area (Å²) in [6.07, 6.45) is 3.57. The molecule has 1 unspecified atom stereocenters. The van der Waals surface area contributed by atoms with Gasteiger partial charge in [-0.25, -0.2) is 0 Å². The van der Waals surface area contributed by atoms with E-state index in [1.54, 1.807) is 0 Å². The second-order valence-electron chi connectivity index (χ2n) is 5.98. The van der Waals surface area contributed by atoms with Gasteiger partial charge in [0.1, 0.15) is 0 Å². The molecule has 0 amide bonds. The van der Waals surface area contributed by atoms with Crippen LogP contribution in [0.3, 0.4) is 0 Å². The third-order valence-corrected chi connectivity index (χ3v) is 4.32. The molecule has 0 bridgehead atoms. The molecule has 1 atom stereocenters. The highest BCUT2D eigenvalue weighted by molar-refractivity contribution is 6.04. The van der Waals surface area contributed by atoms with E-state index in [9.17, 15) is 0 Å². The first kappa shape index (κ1) is 15.2. The molecule has 1 heterocycles. The van der Waals surface area contributed by atoms with Crippen LogP contribution in [0.5, 0.6) is 0 Å². The predicted octanol–water partition coefficient (Wildman–Crippen LogP) is 2.41. The van der Waals surface area contributed by atoms with Crippen LogP contribution in [-0.4, -0.2) is 16.7 Å². The lowest BCUT2D eigenvalue weighted by atomic mass is 9.79. The second-order valence-corrected chi connectivity index (χ2v) is 5.98. The average Bonchev–Trinajstić information content (AvgIpc) is 2.53. The number of aromatic nitrogens is 1. The van der Waals surface area contributed by atoms with Gasteiger partial charge >= 0.3 is 0 Å². The van der Waals surface area contributed by atoms with Gasteiger partial charge in [0, 0.05) is 11.8 Å². The van der Waals surface area contributed by atoms with Crippen LogP contribution in [0, 0.1) is 13.8 Å². The van der Waals surface area contributed by atoms with Gasteiger partial charge in [0.2, 0.25) is 5.96 Å². The van der Waals surface area contributed by atoms with E-state index in [0.29, 0.717) is 5.92 Å². The number of hydrogen-bond donors (Lipinski definition) is 2. The molecule has 5 heteroatoms. The molecule has 0 fully saturated rings. The molecule has 5 nitrogen and oxygen atoms in total. The first-order valence-electron chi connectivity index (χ1n) is 7.72. The van der Waals surface area contributed by atoms with Gasteiger partial charge in [-0.1, -0.05) is 24.3 Å². The third kappa shape index (κ3) is 3.08. The lowest BCUT2D eigenvalue weighted by Crippen LogP contribution is -2.24. The van der Waals surface area contributed by atoms with Crippen molar-refractivity contribution in [2.24, 2.45) is 21.7 Å². The minimum absolute atomic E-state index is 0.0291. The van der Waals surface area contributed by atoms with Gasteiger partial charge in [0.15, 0.2) is 0 Å². The van der Waals surface area contributed by atoms with E-state index in [1.807, 2.05) is 12.3 Å². The highest BCUT2D eigenvalue weighted by Gasteiger charge is 2.28. The summed E-state index contributed by atoms with van der Waals surface area (Å²) >= 11 is 0. The maximum Gasteiger partial charge on any atom is 0.211 e. The SMILES string of the molecule is Cc1ccccc1C1C/C(=N\N=C(N)N)c2c(C)ccnc2C1. The average molecular weight is 307 g/mol. The van der Waals surface area contributed by atoms with Crippen LogP contribution in [0.25, 0.3) is 0 Å². The van der Waals surface area contributed by atoms with Crippen molar-refractivity contribution in [1.29, 1.82) is 0 Å². The van der Waals surface area contributed by atoms with Gasteiger partial charge in [-0.2, -0.15) is 5.10 Å². The molecule has 0 saturated heterocycles. The summed E-state index contributed by atoms with van der Waals surface area (Å²) in [5, 5.41) is 8.18. The van der Waals surface area contributed by atoms with Crippen LogP contribution in [0.2, 0.25) is 0 Å². The van der Waals surface area contributed by atoms with Gasteiger partial charge in [-0.15, -0.1) is 5.10 Å². The Morgan fingerprint density at radius 3 is 2.61 bits per heavy atom. The Hall–Kier alpha value is -2.69. The third-order valence-electron chi connectivity index (χ3n) is 4.32. The zero-order chi connectivity index (χ0) is 16.4. The van der Waals surface area contributed by atoms with Crippen molar-refractivity contribution in [2.75, 3.05) is 0 Å². The van der Waals surface area contributed by atoms with Crippen LogP contribution in [0.4, 0.5) is 0 Å². The lowest BCUT2D eigenvalue weighted by Gasteiger charge is -2.27. The summed E-state index contributed by atoms with van der Waals surface area (Å²) in [7, 11) is 0. The zero-order valence-electron chi connectivity index (χ0n) is 13.5. The van der Waals surface area contributed by atoms with E-state index >= 15 is 0 Å². The maximum absolute atomic E-state index is 5.44. The number of nitrogens with zero attached hydrogens (tertiary/aromatic N) is 3. The first-order valence-corrected chi connectivity index (χ1v) is 7.72. The van der Waals surface area contributed by atoms with Crippen molar-refractivity contribution in [3.8, 4) is 0 Å². The Morgan fingerprint density at radius 2 is 1.87 bits per heavy atom. The minimum Gasteiger partial charge on any atom is -0.369 e. The number of benzene rings is 1. The molecule has 1 aliphatic carbocycles. The molecule has 1 aliphatic rings. The number of guanidine groups is 1. The Morgan fingerprint density at radius 1 is 1.09 bits per heavy atom. The molecule has 0 saturated carbocycles. The molecular weight excluding hydrogens is 286 g/mol. The monoisotopic (exact) mass is 307 g/mol. The van der Waals surface area contributed by atoms with E-state index in [-0.39, 0.29) is 5.96 Å². The van der Waals surface area contributed by atoms with Crippen molar-refractivity contribution in [1.82, 2.24) is 4.98 Å². The fourth-order valence-corrected chi connectivity index (χ4v) is 3.28. The standard InChI is InChI=1S/C18H21N5/c1-11-5-3-4-6-14(11)13-9-15-17(12(2)7-8-21-15)16(10-13)22-23-18(19)20/h3-8,13H,9-10H2,1-2H3,(H4,19,20,23)/b22-16+. The predicted molar refractivity (Wildman–Crippen MR) is 93.6 cm³/mol. The molecule has 0 radical (unpaired) electrons. The Kier molecular flexibility index (Phi) is 4.10. The fraction of sp³-hybridized carbons (Fsp3) is 0.278. The molecular formula is C18H21N5. The molecule has 1 aromatic heterocycles. The maximum atomic E-state index is 5.44. The molecule has 3 rings (SSSR count). The summed E-state index contributed by atoms with van der Waals surface area (Å²) in [6.45, 7) is 4.21. The van der Waals surface area contributed by atoms with Gasteiger partial charge < -0.3 is 11.5 Å². The smallest absolute Gasteiger partial charge is 0.211 e. The zero-order valence-corrected chi connectivity index (χ0v) is 13.5. The van der Waals surface area contributed by atoms with E-state index < -0.39 is 0 Å². The van der Waals surface area contributed by atoms with Gasteiger partial charge in [0.25, 0.3) is 0 Å². The summed E-state index contributed by atoms with van der Waals surface area (Å²) < 4.78 is 0. The summed E-state index contributed by atoms with van der Waals surface area (Å²) in [6, 6.07) is 10.5. The first-order chi connectivity index (χ1) is 11.1. The van der Waals surface area contributed by atoms with Gasteiger partial charge in [-0.3, -0.25) is 4.98 Å². The topological polar surface area (TPSA) is 89.6 Å². The second kappa shape index (κ2) is 6.20. The molecule has 0 spiro atoms. The highest BCUT2D eigenvalue weighted by Crippen LogP contribution is 2.34. The molecule has 0 aliphatic heterocycles.